The maximum atomic E-state index is 15.8. The lowest BCUT2D eigenvalue weighted by Crippen LogP contribution is -2.20. The molecule has 5 rings (SSSR count). The van der Waals surface area contributed by atoms with Gasteiger partial charge in [-0.25, -0.2) is 26.6 Å². The maximum Gasteiger partial charge on any atom is 0.265 e. The SMILES string of the molecule is O=S(=O)(Nc1cccc(-c2nn(C3CCOCC3)cc2-c2ccnc(F)c2)c1F)c1cc(F)ccc1F. The standard InChI is InChI=1S/C25H20F4N4O3S/c26-16-4-5-20(27)22(13-16)37(34,35)32-21-3-1-2-18(24(21)29)25-19(15-6-9-30-23(28)12-15)14-33(31-25)17-7-10-36-11-8-17/h1-6,9,12-14,17,32H,7-8,10-11H2. The van der Waals surface area contributed by atoms with Crippen molar-refractivity contribution in [1.82, 2.24) is 14.8 Å². The van der Waals surface area contributed by atoms with Crippen LogP contribution in [0, 0.1) is 23.4 Å². The second-order valence-corrected chi connectivity index (χ2v) is 10.1. The Bertz CT molecular complexity index is 1570. The van der Waals surface area contributed by atoms with Crippen molar-refractivity contribution >= 4 is 15.7 Å². The molecule has 12 heteroatoms. The Labute approximate surface area is 209 Å². The molecular formula is C25H20F4N4O3S. The van der Waals surface area contributed by atoms with Gasteiger partial charge in [-0.15, -0.1) is 0 Å². The number of aromatic nitrogens is 3. The van der Waals surface area contributed by atoms with E-state index in [9.17, 15) is 21.6 Å². The van der Waals surface area contributed by atoms with Gasteiger partial charge < -0.3 is 4.74 Å². The largest absolute Gasteiger partial charge is 0.381 e. The summed E-state index contributed by atoms with van der Waals surface area (Å²) >= 11 is 0. The van der Waals surface area contributed by atoms with E-state index in [0.29, 0.717) is 49.3 Å². The lowest BCUT2D eigenvalue weighted by atomic mass is 10.0. The lowest BCUT2D eigenvalue weighted by molar-refractivity contribution is 0.0663. The van der Waals surface area contributed by atoms with Gasteiger partial charge in [-0.2, -0.15) is 9.49 Å². The number of nitrogens with zero attached hydrogens (tertiary/aromatic N) is 3. The van der Waals surface area contributed by atoms with Gasteiger partial charge in [0.1, 0.15) is 22.2 Å². The first-order valence-corrected chi connectivity index (χ1v) is 12.8. The van der Waals surface area contributed by atoms with Crippen LogP contribution in [0.2, 0.25) is 0 Å². The average molecular weight is 533 g/mol. The van der Waals surface area contributed by atoms with E-state index >= 15 is 4.39 Å². The maximum absolute atomic E-state index is 15.8. The summed E-state index contributed by atoms with van der Waals surface area (Å²) in [6, 6.07) is 8.58. The van der Waals surface area contributed by atoms with E-state index in [2.05, 4.69) is 10.1 Å². The zero-order valence-electron chi connectivity index (χ0n) is 19.2. The molecule has 0 bridgehead atoms. The number of ether oxygens (including phenoxy) is 1. The summed E-state index contributed by atoms with van der Waals surface area (Å²) < 4.78 is 92.0. The summed E-state index contributed by atoms with van der Waals surface area (Å²) in [6.07, 6.45) is 4.30. The summed E-state index contributed by atoms with van der Waals surface area (Å²) in [5.41, 5.74) is 0.384. The Kier molecular flexibility index (Phi) is 6.69. The van der Waals surface area contributed by atoms with Crippen LogP contribution >= 0.6 is 0 Å². The highest BCUT2D eigenvalue weighted by Gasteiger charge is 2.26. The van der Waals surface area contributed by atoms with E-state index in [-0.39, 0.29) is 17.3 Å². The molecule has 0 atom stereocenters. The first-order chi connectivity index (χ1) is 17.7. The minimum Gasteiger partial charge on any atom is -0.381 e. The van der Waals surface area contributed by atoms with Crippen molar-refractivity contribution < 1.29 is 30.7 Å². The van der Waals surface area contributed by atoms with Crippen molar-refractivity contribution in [2.24, 2.45) is 0 Å². The van der Waals surface area contributed by atoms with E-state index < -0.39 is 44.0 Å². The van der Waals surface area contributed by atoms with E-state index in [1.807, 2.05) is 4.72 Å². The number of hydrogen-bond acceptors (Lipinski definition) is 5. The second-order valence-electron chi connectivity index (χ2n) is 8.43. The third-order valence-corrected chi connectivity index (χ3v) is 7.40. The second kappa shape index (κ2) is 9.94. The van der Waals surface area contributed by atoms with Gasteiger partial charge in [-0.1, -0.05) is 6.07 Å². The number of nitrogens with one attached hydrogen (secondary N) is 1. The normalized spacial score (nSPS) is 14.6. The number of pyridine rings is 1. The first-order valence-electron chi connectivity index (χ1n) is 11.3. The fraction of sp³-hybridized carbons (Fsp3) is 0.200. The molecule has 0 aliphatic carbocycles. The predicted molar refractivity (Wildman–Crippen MR) is 127 cm³/mol. The van der Waals surface area contributed by atoms with Crippen LogP contribution in [0.1, 0.15) is 18.9 Å². The summed E-state index contributed by atoms with van der Waals surface area (Å²) in [7, 11) is -4.67. The Morgan fingerprint density at radius 2 is 1.76 bits per heavy atom. The van der Waals surface area contributed by atoms with Crippen molar-refractivity contribution in [3.63, 3.8) is 0 Å². The fourth-order valence-corrected chi connectivity index (χ4v) is 5.33. The molecule has 192 valence electrons. The predicted octanol–water partition coefficient (Wildman–Crippen LogP) is 5.32. The zero-order chi connectivity index (χ0) is 26.2. The smallest absolute Gasteiger partial charge is 0.265 e. The van der Waals surface area contributed by atoms with Gasteiger partial charge in [0.05, 0.1) is 11.7 Å². The van der Waals surface area contributed by atoms with Crippen LogP contribution < -0.4 is 4.72 Å². The Hall–Kier alpha value is -3.77. The van der Waals surface area contributed by atoms with Gasteiger partial charge in [-0.3, -0.25) is 9.40 Å². The summed E-state index contributed by atoms with van der Waals surface area (Å²) in [5, 5.41) is 4.58. The minimum atomic E-state index is -4.67. The Balaban J connectivity index is 1.59. The molecule has 0 radical (unpaired) electrons. The molecule has 3 heterocycles. The topological polar surface area (TPSA) is 86.1 Å². The van der Waals surface area contributed by atoms with Crippen molar-refractivity contribution in [1.29, 1.82) is 0 Å². The molecule has 4 aromatic rings. The summed E-state index contributed by atoms with van der Waals surface area (Å²) in [4.78, 5) is 2.60. The number of sulfonamides is 1. The first kappa shape index (κ1) is 24.9. The molecule has 1 fully saturated rings. The van der Waals surface area contributed by atoms with Gasteiger partial charge in [-0.05, 0) is 54.8 Å². The summed E-state index contributed by atoms with van der Waals surface area (Å²) in [5.74, 6) is -3.89. The van der Waals surface area contributed by atoms with Crippen LogP contribution in [0.4, 0.5) is 23.2 Å². The summed E-state index contributed by atoms with van der Waals surface area (Å²) in [6.45, 7) is 1.06. The van der Waals surface area contributed by atoms with Crippen LogP contribution in [-0.4, -0.2) is 36.4 Å². The number of anilines is 1. The molecule has 2 aromatic carbocycles. The average Bonchev–Trinajstić information content (AvgIpc) is 3.32. The molecule has 1 saturated heterocycles. The van der Waals surface area contributed by atoms with Crippen molar-refractivity contribution in [2.45, 2.75) is 23.8 Å². The van der Waals surface area contributed by atoms with Crippen LogP contribution in [0.15, 0.2) is 65.8 Å². The van der Waals surface area contributed by atoms with Gasteiger partial charge in [0.15, 0.2) is 5.82 Å². The van der Waals surface area contributed by atoms with Gasteiger partial charge >= 0.3 is 0 Å². The molecule has 0 amide bonds. The third kappa shape index (κ3) is 5.07. The minimum absolute atomic E-state index is 0.0337. The highest BCUT2D eigenvalue weighted by atomic mass is 32.2. The van der Waals surface area contributed by atoms with Crippen LogP contribution in [0.3, 0.4) is 0 Å². The highest BCUT2D eigenvalue weighted by Crippen LogP contribution is 2.37. The molecule has 1 N–H and O–H groups in total. The van der Waals surface area contributed by atoms with Crippen molar-refractivity contribution in [3.05, 3.63) is 84.3 Å². The van der Waals surface area contributed by atoms with E-state index in [4.69, 9.17) is 4.74 Å². The van der Waals surface area contributed by atoms with Crippen LogP contribution in [-0.2, 0) is 14.8 Å². The Morgan fingerprint density at radius 1 is 0.973 bits per heavy atom. The number of benzene rings is 2. The van der Waals surface area contributed by atoms with Crippen LogP contribution in [0.25, 0.3) is 22.4 Å². The van der Waals surface area contributed by atoms with Gasteiger partial charge in [0, 0.05) is 42.8 Å². The van der Waals surface area contributed by atoms with Crippen molar-refractivity contribution in [2.75, 3.05) is 17.9 Å². The van der Waals surface area contributed by atoms with E-state index in [1.165, 1.54) is 24.4 Å². The number of hydrogen-bond donors (Lipinski definition) is 1. The monoisotopic (exact) mass is 532 g/mol. The highest BCUT2D eigenvalue weighted by molar-refractivity contribution is 7.92. The van der Waals surface area contributed by atoms with E-state index in [0.717, 1.165) is 12.1 Å². The molecular weight excluding hydrogens is 512 g/mol. The number of rotatable bonds is 6. The van der Waals surface area contributed by atoms with Gasteiger partial charge in [0.25, 0.3) is 10.0 Å². The fourth-order valence-electron chi connectivity index (χ4n) is 4.19. The lowest BCUT2D eigenvalue weighted by Gasteiger charge is -2.22. The molecule has 2 aromatic heterocycles. The molecule has 7 nitrogen and oxygen atoms in total. The quantitative estimate of drug-likeness (QED) is 0.268. The molecule has 0 spiro atoms. The number of halogens is 4. The molecule has 0 unspecified atom stereocenters. The van der Waals surface area contributed by atoms with Gasteiger partial charge in [0.2, 0.25) is 5.95 Å². The van der Waals surface area contributed by atoms with E-state index in [1.54, 1.807) is 16.9 Å². The zero-order valence-corrected chi connectivity index (χ0v) is 20.0. The van der Waals surface area contributed by atoms with Crippen molar-refractivity contribution in [3.8, 4) is 22.4 Å². The van der Waals surface area contributed by atoms with Crippen LogP contribution in [0.5, 0.6) is 0 Å². The Morgan fingerprint density at radius 3 is 2.51 bits per heavy atom. The molecule has 37 heavy (non-hydrogen) atoms. The molecule has 1 aliphatic heterocycles. The third-order valence-electron chi connectivity index (χ3n) is 6.02. The molecule has 0 saturated carbocycles. The molecule has 1 aliphatic rings.